The summed E-state index contributed by atoms with van der Waals surface area (Å²) in [4.78, 5) is 2.57. The number of piperazine rings is 1. The monoisotopic (exact) mass is 312 g/mol. The van der Waals surface area contributed by atoms with Crippen LogP contribution in [0.25, 0.3) is 0 Å². The van der Waals surface area contributed by atoms with Crippen molar-refractivity contribution in [3.8, 4) is 0 Å². The van der Waals surface area contributed by atoms with Gasteiger partial charge in [-0.3, -0.25) is 5.84 Å². The topological polar surface area (TPSA) is 78.7 Å². The van der Waals surface area contributed by atoms with E-state index in [9.17, 15) is 8.42 Å². The van der Waals surface area contributed by atoms with E-state index < -0.39 is 10.0 Å². The molecule has 1 saturated heterocycles. The Labute approximate surface area is 126 Å². The van der Waals surface area contributed by atoms with Crippen LogP contribution in [0.15, 0.2) is 17.0 Å². The molecule has 21 heavy (non-hydrogen) atoms. The molecule has 0 spiro atoms. The molecule has 0 amide bonds. The second-order valence-electron chi connectivity index (χ2n) is 5.78. The van der Waals surface area contributed by atoms with E-state index in [2.05, 4.69) is 10.3 Å². The first-order valence-electron chi connectivity index (χ1n) is 7.05. The summed E-state index contributed by atoms with van der Waals surface area (Å²) < 4.78 is 27.5. The van der Waals surface area contributed by atoms with Crippen LogP contribution < -0.4 is 11.3 Å². The van der Waals surface area contributed by atoms with Crippen LogP contribution in [0, 0.1) is 13.8 Å². The number of nitrogen functional groups attached to an aromatic ring is 1. The van der Waals surface area contributed by atoms with Gasteiger partial charge in [0.1, 0.15) is 0 Å². The SMILES string of the molecule is Cc1cc(NN)cc(C)c1S(=O)(=O)N1CCN(C)C(C)C1. The molecular formula is C14H24N4O2S. The maximum Gasteiger partial charge on any atom is 0.243 e. The third-order valence-corrected chi connectivity index (χ3v) is 6.32. The average Bonchev–Trinajstić information content (AvgIpc) is 2.40. The second kappa shape index (κ2) is 5.92. The first kappa shape index (κ1) is 16.2. The number of benzene rings is 1. The van der Waals surface area contributed by atoms with Crippen LogP contribution >= 0.6 is 0 Å². The van der Waals surface area contributed by atoms with Crippen molar-refractivity contribution in [2.45, 2.75) is 31.7 Å². The molecule has 0 aromatic heterocycles. The molecule has 7 heteroatoms. The molecule has 118 valence electrons. The minimum absolute atomic E-state index is 0.221. The standard InChI is InChI=1S/C14H24N4O2S/c1-10-7-13(16-15)8-11(2)14(10)21(19,20)18-6-5-17(4)12(3)9-18/h7-8,12,16H,5-6,9,15H2,1-4H3. The summed E-state index contributed by atoms with van der Waals surface area (Å²) in [6.07, 6.45) is 0. The number of likely N-dealkylation sites (N-methyl/N-ethyl adjacent to an activating group) is 1. The number of sulfonamides is 1. The summed E-state index contributed by atoms with van der Waals surface area (Å²) in [6, 6.07) is 3.75. The van der Waals surface area contributed by atoms with Crippen molar-refractivity contribution in [3.63, 3.8) is 0 Å². The number of hydrogen-bond donors (Lipinski definition) is 2. The zero-order chi connectivity index (χ0) is 15.8. The molecule has 1 aliphatic rings. The molecule has 1 unspecified atom stereocenters. The smallest absolute Gasteiger partial charge is 0.243 e. The minimum Gasteiger partial charge on any atom is -0.324 e. The normalized spacial score (nSPS) is 21.5. The Morgan fingerprint density at radius 2 is 1.81 bits per heavy atom. The fourth-order valence-corrected chi connectivity index (χ4v) is 4.73. The Balaban J connectivity index is 2.41. The Kier molecular flexibility index (Phi) is 4.57. The fourth-order valence-electron chi connectivity index (χ4n) is 2.80. The van der Waals surface area contributed by atoms with Crippen LogP contribution in [-0.2, 0) is 10.0 Å². The lowest BCUT2D eigenvalue weighted by molar-refractivity contribution is 0.159. The Morgan fingerprint density at radius 1 is 1.24 bits per heavy atom. The number of nitrogens with two attached hydrogens (primary N) is 1. The lowest BCUT2D eigenvalue weighted by atomic mass is 10.1. The van der Waals surface area contributed by atoms with E-state index in [0.717, 1.165) is 23.4 Å². The van der Waals surface area contributed by atoms with Gasteiger partial charge in [-0.05, 0) is 51.1 Å². The predicted octanol–water partition coefficient (Wildman–Crippen LogP) is 0.914. The summed E-state index contributed by atoms with van der Waals surface area (Å²) in [7, 11) is -1.45. The molecule has 1 fully saturated rings. The van der Waals surface area contributed by atoms with Gasteiger partial charge in [-0.1, -0.05) is 0 Å². The van der Waals surface area contributed by atoms with Crippen LogP contribution in [0.5, 0.6) is 0 Å². The van der Waals surface area contributed by atoms with Gasteiger partial charge in [0.05, 0.1) is 4.90 Å². The molecule has 0 radical (unpaired) electrons. The van der Waals surface area contributed by atoms with Gasteiger partial charge < -0.3 is 10.3 Å². The van der Waals surface area contributed by atoms with Crippen molar-refractivity contribution < 1.29 is 8.42 Å². The second-order valence-corrected chi connectivity index (χ2v) is 7.65. The van der Waals surface area contributed by atoms with Crippen LogP contribution in [-0.4, -0.2) is 50.3 Å². The number of hydrogen-bond acceptors (Lipinski definition) is 5. The first-order chi connectivity index (χ1) is 9.77. The maximum absolute atomic E-state index is 12.9. The van der Waals surface area contributed by atoms with E-state index in [-0.39, 0.29) is 6.04 Å². The van der Waals surface area contributed by atoms with Gasteiger partial charge in [-0.15, -0.1) is 0 Å². The van der Waals surface area contributed by atoms with Gasteiger partial charge in [-0.2, -0.15) is 4.31 Å². The molecule has 1 atom stereocenters. The zero-order valence-corrected chi connectivity index (χ0v) is 13.9. The third-order valence-electron chi connectivity index (χ3n) is 4.15. The molecule has 1 aromatic carbocycles. The molecule has 3 N–H and O–H groups in total. The number of rotatable bonds is 3. The Hall–Kier alpha value is -1.15. The molecule has 1 aliphatic heterocycles. The van der Waals surface area contributed by atoms with E-state index in [1.54, 1.807) is 30.3 Å². The van der Waals surface area contributed by atoms with Crippen LogP contribution in [0.4, 0.5) is 5.69 Å². The van der Waals surface area contributed by atoms with Gasteiger partial charge in [0.2, 0.25) is 10.0 Å². The van der Waals surface area contributed by atoms with Crippen molar-refractivity contribution >= 4 is 15.7 Å². The maximum atomic E-state index is 12.9. The van der Waals surface area contributed by atoms with Crippen molar-refractivity contribution in [2.24, 2.45) is 5.84 Å². The van der Waals surface area contributed by atoms with E-state index >= 15 is 0 Å². The summed E-state index contributed by atoms with van der Waals surface area (Å²) in [6.45, 7) is 7.46. The minimum atomic E-state index is -3.47. The van der Waals surface area contributed by atoms with Crippen molar-refractivity contribution in [2.75, 3.05) is 32.1 Å². The summed E-state index contributed by atoms with van der Waals surface area (Å²) in [5.41, 5.74) is 4.72. The predicted molar refractivity (Wildman–Crippen MR) is 84.6 cm³/mol. The van der Waals surface area contributed by atoms with Gasteiger partial charge in [-0.25, -0.2) is 8.42 Å². The highest BCUT2D eigenvalue weighted by molar-refractivity contribution is 7.89. The molecule has 6 nitrogen and oxygen atoms in total. The van der Waals surface area contributed by atoms with Gasteiger partial charge >= 0.3 is 0 Å². The van der Waals surface area contributed by atoms with Gasteiger partial charge in [0.25, 0.3) is 0 Å². The highest BCUT2D eigenvalue weighted by Gasteiger charge is 2.32. The molecule has 0 saturated carbocycles. The third kappa shape index (κ3) is 3.06. The van der Waals surface area contributed by atoms with Crippen LogP contribution in [0.1, 0.15) is 18.1 Å². The number of hydrazine groups is 1. The number of nitrogens with zero attached hydrogens (tertiary/aromatic N) is 2. The molecule has 1 heterocycles. The number of aryl methyl sites for hydroxylation is 2. The Morgan fingerprint density at radius 3 is 2.29 bits per heavy atom. The molecule has 0 bridgehead atoms. The Bertz CT molecular complexity index is 607. The van der Waals surface area contributed by atoms with Crippen molar-refractivity contribution in [1.29, 1.82) is 0 Å². The number of nitrogens with one attached hydrogen (secondary N) is 1. The average molecular weight is 312 g/mol. The number of anilines is 1. The van der Waals surface area contributed by atoms with Crippen LogP contribution in [0.2, 0.25) is 0 Å². The first-order valence-corrected chi connectivity index (χ1v) is 8.49. The summed E-state index contributed by atoms with van der Waals surface area (Å²) >= 11 is 0. The molecule has 0 aliphatic carbocycles. The largest absolute Gasteiger partial charge is 0.324 e. The lowest BCUT2D eigenvalue weighted by Crippen LogP contribution is -2.52. The van der Waals surface area contributed by atoms with Crippen molar-refractivity contribution in [3.05, 3.63) is 23.3 Å². The lowest BCUT2D eigenvalue weighted by Gasteiger charge is -2.37. The van der Waals surface area contributed by atoms with Gasteiger partial charge in [0, 0.05) is 31.4 Å². The summed E-state index contributed by atoms with van der Waals surface area (Å²) in [5.74, 6) is 5.41. The van der Waals surface area contributed by atoms with Crippen LogP contribution in [0.3, 0.4) is 0 Å². The van der Waals surface area contributed by atoms with Gasteiger partial charge in [0.15, 0.2) is 0 Å². The highest BCUT2D eigenvalue weighted by atomic mass is 32.2. The van der Waals surface area contributed by atoms with E-state index in [1.165, 1.54) is 0 Å². The van der Waals surface area contributed by atoms with E-state index in [1.807, 2.05) is 14.0 Å². The highest BCUT2D eigenvalue weighted by Crippen LogP contribution is 2.28. The van der Waals surface area contributed by atoms with E-state index in [0.29, 0.717) is 18.0 Å². The molecule has 2 rings (SSSR count). The van der Waals surface area contributed by atoms with Crippen molar-refractivity contribution in [1.82, 2.24) is 9.21 Å². The van der Waals surface area contributed by atoms with E-state index in [4.69, 9.17) is 5.84 Å². The fraction of sp³-hybridized carbons (Fsp3) is 0.571. The molecule has 1 aromatic rings. The molecular weight excluding hydrogens is 288 g/mol. The summed E-state index contributed by atoms with van der Waals surface area (Å²) in [5, 5.41) is 0. The zero-order valence-electron chi connectivity index (χ0n) is 13.0. The quantitative estimate of drug-likeness (QED) is 0.641.